The summed E-state index contributed by atoms with van der Waals surface area (Å²) >= 11 is 0. The monoisotopic (exact) mass is 264 g/mol. The van der Waals surface area contributed by atoms with E-state index < -0.39 is 17.6 Å². The van der Waals surface area contributed by atoms with Crippen LogP contribution in [0.15, 0.2) is 18.2 Å². The van der Waals surface area contributed by atoms with Crippen molar-refractivity contribution in [3.8, 4) is 0 Å². The average Bonchev–Trinajstić information content (AvgIpc) is 2.29. The minimum atomic E-state index is -4.66. The highest BCUT2D eigenvalue weighted by Crippen LogP contribution is 2.32. The number of benzene rings is 1. The lowest BCUT2D eigenvalue weighted by molar-refractivity contribution is -0.140. The van der Waals surface area contributed by atoms with Crippen LogP contribution in [0.25, 0.3) is 0 Å². The van der Waals surface area contributed by atoms with Crippen molar-refractivity contribution in [2.24, 2.45) is 5.73 Å². The lowest BCUT2D eigenvalue weighted by atomic mass is 10.1. The Morgan fingerprint density at radius 2 is 1.94 bits per heavy atom. The van der Waals surface area contributed by atoms with Gasteiger partial charge in [-0.2, -0.15) is 13.2 Å². The predicted molar refractivity (Wildman–Crippen MR) is 61.4 cm³/mol. The molecule has 1 rings (SSSR count). The summed E-state index contributed by atoms with van der Waals surface area (Å²) < 4.78 is 50.6. The first-order valence-electron chi connectivity index (χ1n) is 5.66. The molecule has 2 N–H and O–H groups in total. The second-order valence-corrected chi connectivity index (χ2v) is 3.97. The van der Waals surface area contributed by atoms with Crippen LogP contribution in [0.5, 0.6) is 0 Å². The van der Waals surface area contributed by atoms with Gasteiger partial charge >= 0.3 is 6.18 Å². The Bertz CT molecular complexity index is 390. The van der Waals surface area contributed by atoms with Gasteiger partial charge in [-0.15, -0.1) is 0 Å². The second-order valence-electron chi connectivity index (χ2n) is 3.97. The fraction of sp³-hybridized carbons (Fsp3) is 0.500. The van der Waals surface area contributed by atoms with Crippen LogP contribution in [0.1, 0.15) is 18.1 Å². The molecule has 0 saturated heterocycles. The van der Waals surface area contributed by atoms with Crippen LogP contribution in [0, 0.1) is 5.82 Å². The van der Waals surface area contributed by atoms with Crippen LogP contribution in [0.3, 0.4) is 0 Å². The normalized spacial score (nSPS) is 12.2. The second kappa shape index (κ2) is 6.15. The third kappa shape index (κ3) is 3.96. The molecule has 1 aromatic rings. The molecule has 1 aromatic carbocycles. The van der Waals surface area contributed by atoms with Gasteiger partial charge in [0.25, 0.3) is 0 Å². The molecule has 0 saturated carbocycles. The van der Waals surface area contributed by atoms with Crippen molar-refractivity contribution >= 4 is 0 Å². The van der Waals surface area contributed by atoms with Crippen LogP contribution in [-0.4, -0.2) is 24.5 Å². The third-order valence-corrected chi connectivity index (χ3v) is 2.63. The predicted octanol–water partition coefficient (Wildman–Crippen LogP) is 2.63. The van der Waals surface area contributed by atoms with Gasteiger partial charge in [0.15, 0.2) is 0 Å². The number of halogens is 4. The molecule has 0 atom stereocenters. The summed E-state index contributed by atoms with van der Waals surface area (Å²) in [7, 11) is 0. The van der Waals surface area contributed by atoms with Crippen molar-refractivity contribution < 1.29 is 17.6 Å². The summed E-state index contributed by atoms with van der Waals surface area (Å²) in [4.78, 5) is 1.90. The average molecular weight is 264 g/mol. The molecule has 0 aliphatic rings. The summed E-state index contributed by atoms with van der Waals surface area (Å²) in [5.41, 5.74) is 4.61. The number of rotatable bonds is 5. The number of likely N-dealkylation sites (N-methyl/N-ethyl adjacent to an activating group) is 1. The molecule has 0 fully saturated rings. The van der Waals surface area contributed by atoms with Gasteiger partial charge in [-0.1, -0.05) is 13.0 Å². The molecule has 0 bridgehead atoms. The first-order chi connectivity index (χ1) is 8.38. The van der Waals surface area contributed by atoms with Gasteiger partial charge in [0.1, 0.15) is 5.82 Å². The molecule has 0 heterocycles. The van der Waals surface area contributed by atoms with Gasteiger partial charge in [0, 0.05) is 19.6 Å². The fourth-order valence-corrected chi connectivity index (χ4v) is 1.68. The van der Waals surface area contributed by atoms with Crippen LogP contribution in [0.2, 0.25) is 0 Å². The lowest BCUT2D eigenvalue weighted by Crippen LogP contribution is -2.29. The first-order valence-corrected chi connectivity index (χ1v) is 5.66. The van der Waals surface area contributed by atoms with Gasteiger partial charge in [-0.05, 0) is 24.2 Å². The Kier molecular flexibility index (Phi) is 5.10. The van der Waals surface area contributed by atoms with E-state index in [1.165, 1.54) is 6.07 Å². The summed E-state index contributed by atoms with van der Waals surface area (Å²) in [6.07, 6.45) is -4.66. The van der Waals surface area contributed by atoms with Gasteiger partial charge in [0.05, 0.1) is 5.56 Å². The van der Waals surface area contributed by atoms with E-state index in [9.17, 15) is 17.6 Å². The van der Waals surface area contributed by atoms with Crippen molar-refractivity contribution in [2.45, 2.75) is 19.6 Å². The molecule has 0 aromatic heterocycles. The van der Waals surface area contributed by atoms with E-state index >= 15 is 0 Å². The Morgan fingerprint density at radius 3 is 2.44 bits per heavy atom. The molecular formula is C12H16F4N2. The smallest absolute Gasteiger partial charge is 0.329 e. The van der Waals surface area contributed by atoms with Gasteiger partial charge in [-0.25, -0.2) is 4.39 Å². The zero-order chi connectivity index (χ0) is 13.8. The molecule has 0 unspecified atom stereocenters. The molecule has 2 nitrogen and oxygen atoms in total. The van der Waals surface area contributed by atoms with E-state index in [1.54, 1.807) is 0 Å². The number of nitrogens with two attached hydrogens (primary N) is 1. The summed E-state index contributed by atoms with van der Waals surface area (Å²) in [6.45, 7) is 3.92. The van der Waals surface area contributed by atoms with Crippen molar-refractivity contribution in [3.05, 3.63) is 35.1 Å². The van der Waals surface area contributed by atoms with Crippen LogP contribution < -0.4 is 5.73 Å². The maximum absolute atomic E-state index is 13.1. The molecule has 6 heteroatoms. The molecule has 0 aliphatic carbocycles. The highest BCUT2D eigenvalue weighted by molar-refractivity contribution is 5.27. The SMILES string of the molecule is CCN(CCN)Cc1ccc(F)c(C(F)(F)F)c1. The number of hydrogen-bond acceptors (Lipinski definition) is 2. The van der Waals surface area contributed by atoms with Crippen molar-refractivity contribution in [1.82, 2.24) is 4.90 Å². The molecule has 18 heavy (non-hydrogen) atoms. The Morgan fingerprint density at radius 1 is 1.28 bits per heavy atom. The fourth-order valence-electron chi connectivity index (χ4n) is 1.68. The molecule has 0 aliphatic heterocycles. The molecule has 102 valence electrons. The molecule has 0 spiro atoms. The summed E-state index contributed by atoms with van der Waals surface area (Å²) in [5, 5.41) is 0. The molecular weight excluding hydrogens is 248 g/mol. The number of alkyl halides is 3. The minimum absolute atomic E-state index is 0.330. The van der Waals surface area contributed by atoms with E-state index in [-0.39, 0.29) is 0 Å². The summed E-state index contributed by atoms with van der Waals surface area (Å²) in [5.74, 6) is -1.24. The van der Waals surface area contributed by atoms with E-state index in [0.717, 1.165) is 12.1 Å². The topological polar surface area (TPSA) is 29.3 Å². The number of nitrogens with zero attached hydrogens (tertiary/aromatic N) is 1. The minimum Gasteiger partial charge on any atom is -0.329 e. The molecule has 0 amide bonds. The van der Waals surface area contributed by atoms with E-state index in [2.05, 4.69) is 0 Å². The Labute approximate surface area is 103 Å². The van der Waals surface area contributed by atoms with Crippen molar-refractivity contribution in [1.29, 1.82) is 0 Å². The first kappa shape index (κ1) is 14.9. The van der Waals surface area contributed by atoms with Crippen molar-refractivity contribution in [2.75, 3.05) is 19.6 Å². The Hall–Kier alpha value is -1.14. The van der Waals surface area contributed by atoms with Gasteiger partial charge < -0.3 is 5.73 Å². The van der Waals surface area contributed by atoms with Crippen LogP contribution in [0.4, 0.5) is 17.6 Å². The zero-order valence-corrected chi connectivity index (χ0v) is 10.1. The quantitative estimate of drug-likeness (QED) is 0.828. The standard InChI is InChI=1S/C12H16F4N2/c1-2-18(6-5-17)8-9-3-4-11(13)10(7-9)12(14,15)16/h3-4,7H,2,5-6,8,17H2,1H3. The highest BCUT2D eigenvalue weighted by Gasteiger charge is 2.34. The van der Waals surface area contributed by atoms with Crippen LogP contribution >= 0.6 is 0 Å². The van der Waals surface area contributed by atoms with E-state index in [1.807, 2.05) is 11.8 Å². The largest absolute Gasteiger partial charge is 0.419 e. The number of hydrogen-bond donors (Lipinski definition) is 1. The highest BCUT2D eigenvalue weighted by atomic mass is 19.4. The summed E-state index contributed by atoms with van der Waals surface area (Å²) in [6, 6.07) is 3.08. The van der Waals surface area contributed by atoms with E-state index in [0.29, 0.717) is 31.7 Å². The Balaban J connectivity index is 2.91. The maximum atomic E-state index is 13.1. The zero-order valence-electron chi connectivity index (χ0n) is 10.1. The van der Waals surface area contributed by atoms with E-state index in [4.69, 9.17) is 5.73 Å². The van der Waals surface area contributed by atoms with Gasteiger partial charge in [0.2, 0.25) is 0 Å². The van der Waals surface area contributed by atoms with Crippen LogP contribution in [-0.2, 0) is 12.7 Å². The third-order valence-electron chi connectivity index (χ3n) is 2.63. The molecule has 0 radical (unpaired) electrons. The van der Waals surface area contributed by atoms with Gasteiger partial charge in [-0.3, -0.25) is 4.90 Å². The lowest BCUT2D eigenvalue weighted by Gasteiger charge is -2.20. The maximum Gasteiger partial charge on any atom is 0.419 e. The van der Waals surface area contributed by atoms with Crippen molar-refractivity contribution in [3.63, 3.8) is 0 Å².